The third-order valence-electron chi connectivity index (χ3n) is 4.00. The van der Waals surface area contributed by atoms with Gasteiger partial charge in [0.05, 0.1) is 37.4 Å². The smallest absolute Gasteiger partial charge is 0.252 e. The second kappa shape index (κ2) is 8.23. The van der Waals surface area contributed by atoms with Crippen molar-refractivity contribution in [2.45, 2.75) is 13.0 Å². The molecule has 0 fully saturated rings. The summed E-state index contributed by atoms with van der Waals surface area (Å²) in [6, 6.07) is 7.04. The number of amides is 1. The highest BCUT2D eigenvalue weighted by Crippen LogP contribution is 2.25. The number of aromatic nitrogens is 1. The number of fused-ring (bicyclic) bond motifs is 1. The Morgan fingerprint density at radius 2 is 2.04 bits per heavy atom. The average Bonchev–Trinajstić information content (AvgIpc) is 2.99. The van der Waals surface area contributed by atoms with Gasteiger partial charge in [-0.05, 0) is 12.1 Å². The second-order valence-electron chi connectivity index (χ2n) is 5.77. The van der Waals surface area contributed by atoms with E-state index >= 15 is 0 Å². The molecular formula is C20H16F2N2O3S. The number of hydrogen-bond acceptors (Lipinski definition) is 4. The zero-order chi connectivity index (χ0) is 20.3. The Morgan fingerprint density at radius 1 is 1.25 bits per heavy atom. The van der Waals surface area contributed by atoms with Crippen LogP contribution >= 0.6 is 11.3 Å². The van der Waals surface area contributed by atoms with Crippen molar-refractivity contribution in [2.24, 2.45) is 4.99 Å². The summed E-state index contributed by atoms with van der Waals surface area (Å²) in [6.07, 6.45) is 5.33. The van der Waals surface area contributed by atoms with E-state index < -0.39 is 17.5 Å². The number of hydrogen-bond donors (Lipinski definition) is 0. The van der Waals surface area contributed by atoms with Crippen molar-refractivity contribution >= 4 is 27.5 Å². The van der Waals surface area contributed by atoms with E-state index in [9.17, 15) is 13.6 Å². The number of nitrogens with zero attached hydrogens (tertiary/aromatic N) is 2. The van der Waals surface area contributed by atoms with Crippen molar-refractivity contribution in [3.05, 3.63) is 52.3 Å². The number of thiazole rings is 1. The first-order valence-corrected chi connectivity index (χ1v) is 8.98. The van der Waals surface area contributed by atoms with E-state index in [0.29, 0.717) is 21.8 Å². The molecule has 144 valence electrons. The lowest BCUT2D eigenvalue weighted by Gasteiger charge is -2.08. The van der Waals surface area contributed by atoms with Gasteiger partial charge in [0.25, 0.3) is 5.91 Å². The normalized spacial score (nSPS) is 11.5. The lowest BCUT2D eigenvalue weighted by atomic mass is 10.1. The van der Waals surface area contributed by atoms with Gasteiger partial charge in [-0.25, -0.2) is 8.78 Å². The quantitative estimate of drug-likeness (QED) is 0.616. The SMILES string of the molecule is C#CCn1c(=NC(=O)Cc2ccc(OC)cc2OC)sc2cc(F)cc(F)c21. The second-order valence-corrected chi connectivity index (χ2v) is 6.78. The monoisotopic (exact) mass is 402 g/mol. The molecule has 0 aliphatic rings. The molecule has 0 bridgehead atoms. The zero-order valence-corrected chi connectivity index (χ0v) is 16.0. The average molecular weight is 402 g/mol. The van der Waals surface area contributed by atoms with Gasteiger partial charge in [0.2, 0.25) is 0 Å². The molecule has 0 saturated heterocycles. The number of halogens is 2. The maximum atomic E-state index is 14.2. The highest BCUT2D eigenvalue weighted by Gasteiger charge is 2.14. The van der Waals surface area contributed by atoms with Gasteiger partial charge in [0.15, 0.2) is 10.6 Å². The van der Waals surface area contributed by atoms with Crippen LogP contribution in [0.2, 0.25) is 0 Å². The van der Waals surface area contributed by atoms with Crippen molar-refractivity contribution in [1.82, 2.24) is 4.57 Å². The summed E-state index contributed by atoms with van der Waals surface area (Å²) in [5.41, 5.74) is 0.747. The number of methoxy groups -OCH3 is 2. The van der Waals surface area contributed by atoms with Crippen LogP contribution < -0.4 is 14.3 Å². The molecule has 0 unspecified atom stereocenters. The Labute approximate surface area is 163 Å². The van der Waals surface area contributed by atoms with E-state index in [-0.39, 0.29) is 23.3 Å². The minimum Gasteiger partial charge on any atom is -0.497 e. The van der Waals surface area contributed by atoms with E-state index in [1.807, 2.05) is 0 Å². The predicted molar refractivity (Wildman–Crippen MR) is 102 cm³/mol. The number of rotatable bonds is 5. The number of ether oxygens (including phenoxy) is 2. The standard InChI is InChI=1S/C20H16F2N2O3S/c1-4-7-24-19-15(22)9-13(21)10-17(19)28-20(24)23-18(25)8-12-5-6-14(26-2)11-16(12)27-3/h1,5-6,9-11H,7-8H2,2-3H3. The molecule has 5 nitrogen and oxygen atoms in total. The maximum absolute atomic E-state index is 14.2. The van der Waals surface area contributed by atoms with Crippen LogP contribution in [0.3, 0.4) is 0 Å². The third-order valence-corrected chi connectivity index (χ3v) is 5.03. The number of carbonyl (C=O) groups is 1. The maximum Gasteiger partial charge on any atom is 0.252 e. The van der Waals surface area contributed by atoms with Crippen LogP contribution in [-0.2, 0) is 17.8 Å². The molecule has 0 aliphatic heterocycles. The van der Waals surface area contributed by atoms with Gasteiger partial charge in [-0.1, -0.05) is 23.3 Å². The Bertz CT molecular complexity index is 1160. The van der Waals surface area contributed by atoms with Crippen molar-refractivity contribution in [2.75, 3.05) is 14.2 Å². The summed E-state index contributed by atoms with van der Waals surface area (Å²) in [5, 5.41) is 0. The Hall–Kier alpha value is -3.18. The van der Waals surface area contributed by atoms with E-state index in [1.165, 1.54) is 24.9 Å². The zero-order valence-electron chi connectivity index (χ0n) is 15.2. The van der Waals surface area contributed by atoms with E-state index in [0.717, 1.165) is 17.4 Å². The first-order chi connectivity index (χ1) is 13.5. The van der Waals surface area contributed by atoms with Gasteiger partial charge in [-0.15, -0.1) is 6.42 Å². The summed E-state index contributed by atoms with van der Waals surface area (Å²) in [5.74, 6) is 1.55. The predicted octanol–water partition coefficient (Wildman–Crippen LogP) is 3.30. The van der Waals surface area contributed by atoms with E-state index in [4.69, 9.17) is 15.9 Å². The van der Waals surface area contributed by atoms with Crippen molar-refractivity contribution in [3.8, 4) is 23.8 Å². The molecule has 0 radical (unpaired) electrons. The summed E-state index contributed by atoms with van der Waals surface area (Å²) in [4.78, 5) is 16.8. The molecule has 0 spiro atoms. The van der Waals surface area contributed by atoms with Crippen LogP contribution in [0.1, 0.15) is 5.56 Å². The molecule has 3 rings (SSSR count). The third kappa shape index (κ3) is 3.89. The molecule has 28 heavy (non-hydrogen) atoms. The van der Waals surface area contributed by atoms with Gasteiger partial charge < -0.3 is 14.0 Å². The minimum absolute atomic E-state index is 0.000519. The summed E-state index contributed by atoms with van der Waals surface area (Å²) >= 11 is 0.996. The van der Waals surface area contributed by atoms with Crippen LogP contribution in [0.4, 0.5) is 8.78 Å². The van der Waals surface area contributed by atoms with Crippen LogP contribution in [0.25, 0.3) is 10.2 Å². The molecular weight excluding hydrogens is 386 g/mol. The highest BCUT2D eigenvalue weighted by atomic mass is 32.1. The van der Waals surface area contributed by atoms with Crippen LogP contribution in [0, 0.1) is 24.0 Å². The molecule has 1 amide bonds. The van der Waals surface area contributed by atoms with Gasteiger partial charge in [-0.2, -0.15) is 4.99 Å². The number of terminal acetylenes is 1. The van der Waals surface area contributed by atoms with Gasteiger partial charge in [0, 0.05) is 17.7 Å². The molecule has 2 aromatic carbocycles. The summed E-state index contributed by atoms with van der Waals surface area (Å²) < 4.78 is 39.9. The minimum atomic E-state index is -0.757. The van der Waals surface area contributed by atoms with Gasteiger partial charge >= 0.3 is 0 Å². The van der Waals surface area contributed by atoms with E-state index in [2.05, 4.69) is 10.9 Å². The first-order valence-electron chi connectivity index (χ1n) is 8.17. The van der Waals surface area contributed by atoms with Crippen LogP contribution in [0.15, 0.2) is 35.3 Å². The molecule has 0 atom stereocenters. The number of carbonyl (C=O) groups excluding carboxylic acids is 1. The van der Waals surface area contributed by atoms with Crippen LogP contribution in [0.5, 0.6) is 11.5 Å². The fraction of sp³-hybridized carbons (Fsp3) is 0.200. The first kappa shape index (κ1) is 19.6. The molecule has 3 aromatic rings. The van der Waals surface area contributed by atoms with Gasteiger partial charge in [0.1, 0.15) is 17.3 Å². The fourth-order valence-electron chi connectivity index (χ4n) is 2.76. The largest absolute Gasteiger partial charge is 0.497 e. The Kier molecular flexibility index (Phi) is 5.76. The van der Waals surface area contributed by atoms with Crippen molar-refractivity contribution in [3.63, 3.8) is 0 Å². The van der Waals surface area contributed by atoms with Crippen molar-refractivity contribution < 1.29 is 23.0 Å². The molecule has 1 heterocycles. The fourth-order valence-corrected chi connectivity index (χ4v) is 3.85. The lowest BCUT2D eigenvalue weighted by Crippen LogP contribution is -2.17. The lowest BCUT2D eigenvalue weighted by molar-refractivity contribution is -0.117. The van der Waals surface area contributed by atoms with E-state index in [1.54, 1.807) is 18.2 Å². The highest BCUT2D eigenvalue weighted by molar-refractivity contribution is 7.16. The summed E-state index contributed by atoms with van der Waals surface area (Å²) in [6.45, 7) is 0.000519. The Morgan fingerprint density at radius 3 is 2.71 bits per heavy atom. The topological polar surface area (TPSA) is 52.8 Å². The Balaban J connectivity index is 2.03. The molecule has 8 heteroatoms. The molecule has 0 N–H and O–H groups in total. The molecule has 0 aliphatic carbocycles. The van der Waals surface area contributed by atoms with Crippen LogP contribution in [-0.4, -0.2) is 24.7 Å². The molecule has 1 aromatic heterocycles. The number of benzene rings is 2. The van der Waals surface area contributed by atoms with Gasteiger partial charge in [-0.3, -0.25) is 4.79 Å². The summed E-state index contributed by atoms with van der Waals surface area (Å²) in [7, 11) is 3.02. The molecule has 0 saturated carbocycles. The van der Waals surface area contributed by atoms with Crippen molar-refractivity contribution in [1.29, 1.82) is 0 Å².